The average molecular weight is 484 g/mol. The molecule has 0 saturated heterocycles. The molecule has 0 bridgehead atoms. The van der Waals surface area contributed by atoms with E-state index in [0.717, 1.165) is 29.1 Å². The van der Waals surface area contributed by atoms with Crippen LogP contribution >= 0.6 is 11.8 Å². The van der Waals surface area contributed by atoms with Crippen molar-refractivity contribution in [3.8, 4) is 28.6 Å². The zero-order chi connectivity index (χ0) is 24.5. The Labute approximate surface area is 198 Å². The number of amides is 2. The molecule has 34 heavy (non-hydrogen) atoms. The third kappa shape index (κ3) is 6.13. The molecular formula is C22H21N5O6S. The number of carbonyl (C=O) groups excluding carboxylic acids is 2. The van der Waals surface area contributed by atoms with E-state index in [9.17, 15) is 14.4 Å². The molecule has 0 aliphatic rings. The standard InChI is InChI=1S/C22H21N5O6S/c1-32-16-9-8-14(12-17(16)33-2)21-25-26-22(27(21)15-6-4-3-5-7-15)34-13-19(29)24-23-18(28)10-11-20(30)31/h3-12H,13H2,1-2H3,(H,23,28)(H,24,29)(H,30,31)/b11-10+. The van der Waals surface area contributed by atoms with E-state index in [2.05, 4.69) is 21.0 Å². The van der Waals surface area contributed by atoms with E-state index >= 15 is 0 Å². The van der Waals surface area contributed by atoms with Gasteiger partial charge >= 0.3 is 5.97 Å². The van der Waals surface area contributed by atoms with Gasteiger partial charge < -0.3 is 14.6 Å². The van der Waals surface area contributed by atoms with Gasteiger partial charge in [0.1, 0.15) is 0 Å². The van der Waals surface area contributed by atoms with Gasteiger partial charge in [-0.25, -0.2) is 4.79 Å². The van der Waals surface area contributed by atoms with Crippen LogP contribution in [0.15, 0.2) is 65.8 Å². The lowest BCUT2D eigenvalue weighted by atomic mass is 10.2. The lowest BCUT2D eigenvalue weighted by Gasteiger charge is -2.12. The summed E-state index contributed by atoms with van der Waals surface area (Å²) in [6.45, 7) is 0. The summed E-state index contributed by atoms with van der Waals surface area (Å²) in [7, 11) is 3.09. The number of para-hydroxylation sites is 1. The summed E-state index contributed by atoms with van der Waals surface area (Å²) >= 11 is 1.11. The van der Waals surface area contributed by atoms with Crippen LogP contribution < -0.4 is 20.3 Å². The van der Waals surface area contributed by atoms with Gasteiger partial charge in [-0.1, -0.05) is 30.0 Å². The molecule has 176 valence electrons. The van der Waals surface area contributed by atoms with Gasteiger partial charge in [-0.15, -0.1) is 10.2 Å². The quantitative estimate of drug-likeness (QED) is 0.236. The molecule has 2 amide bonds. The van der Waals surface area contributed by atoms with Crippen LogP contribution in [0.3, 0.4) is 0 Å². The topological polar surface area (TPSA) is 145 Å². The maximum Gasteiger partial charge on any atom is 0.328 e. The van der Waals surface area contributed by atoms with Crippen LogP contribution in [-0.4, -0.2) is 57.6 Å². The Balaban J connectivity index is 1.81. The molecule has 0 saturated carbocycles. The van der Waals surface area contributed by atoms with Crippen LogP contribution in [0.1, 0.15) is 0 Å². The number of hydrazine groups is 1. The highest BCUT2D eigenvalue weighted by atomic mass is 32.2. The molecule has 2 aromatic carbocycles. The van der Waals surface area contributed by atoms with Crippen molar-refractivity contribution in [3.63, 3.8) is 0 Å². The van der Waals surface area contributed by atoms with Gasteiger partial charge in [-0.3, -0.25) is 25.0 Å². The average Bonchev–Trinajstić information content (AvgIpc) is 3.28. The maximum atomic E-state index is 12.2. The lowest BCUT2D eigenvalue weighted by Crippen LogP contribution is -2.41. The number of carboxylic acid groups (broad SMARTS) is 1. The first-order valence-corrected chi connectivity index (χ1v) is 10.8. The first-order valence-electron chi connectivity index (χ1n) is 9.78. The second-order valence-electron chi connectivity index (χ2n) is 6.54. The highest BCUT2D eigenvalue weighted by Gasteiger charge is 2.19. The number of carboxylic acids is 1. The van der Waals surface area contributed by atoms with Gasteiger partial charge in [-0.2, -0.15) is 0 Å². The van der Waals surface area contributed by atoms with Crippen molar-refractivity contribution >= 4 is 29.5 Å². The van der Waals surface area contributed by atoms with Crippen LogP contribution in [-0.2, 0) is 14.4 Å². The Hall–Kier alpha value is -4.32. The minimum atomic E-state index is -1.28. The number of hydrogen-bond acceptors (Lipinski definition) is 8. The van der Waals surface area contributed by atoms with Crippen molar-refractivity contribution in [2.75, 3.05) is 20.0 Å². The number of benzene rings is 2. The summed E-state index contributed by atoms with van der Waals surface area (Å²) in [5, 5.41) is 17.5. The van der Waals surface area contributed by atoms with Crippen LogP contribution in [0, 0.1) is 0 Å². The van der Waals surface area contributed by atoms with Crippen molar-refractivity contribution in [1.82, 2.24) is 25.6 Å². The van der Waals surface area contributed by atoms with Crippen molar-refractivity contribution in [3.05, 3.63) is 60.7 Å². The fraction of sp³-hybridized carbons (Fsp3) is 0.136. The summed E-state index contributed by atoms with van der Waals surface area (Å²) in [6, 6.07) is 14.8. The molecule has 3 rings (SSSR count). The SMILES string of the molecule is COc1ccc(-c2nnc(SCC(=O)NNC(=O)/C=C/C(=O)O)n2-c2ccccc2)cc1OC. The smallest absolute Gasteiger partial charge is 0.328 e. The van der Waals surface area contributed by atoms with Crippen LogP contribution in [0.4, 0.5) is 0 Å². The predicted molar refractivity (Wildman–Crippen MR) is 124 cm³/mol. The van der Waals surface area contributed by atoms with Crippen LogP contribution in [0.5, 0.6) is 11.5 Å². The molecule has 0 aliphatic carbocycles. The van der Waals surface area contributed by atoms with Crippen molar-refractivity contribution < 1.29 is 29.0 Å². The zero-order valence-electron chi connectivity index (χ0n) is 18.2. The highest BCUT2D eigenvalue weighted by molar-refractivity contribution is 7.99. The fourth-order valence-corrected chi connectivity index (χ4v) is 3.57. The summed E-state index contributed by atoms with van der Waals surface area (Å²) in [5.74, 6) is -1.02. The van der Waals surface area contributed by atoms with Gasteiger partial charge in [0.05, 0.1) is 20.0 Å². The molecule has 0 fully saturated rings. The molecule has 1 aromatic heterocycles. The van der Waals surface area contributed by atoms with Gasteiger partial charge in [0.25, 0.3) is 5.91 Å². The minimum Gasteiger partial charge on any atom is -0.493 e. The van der Waals surface area contributed by atoms with Crippen LogP contribution in [0.2, 0.25) is 0 Å². The van der Waals surface area contributed by atoms with Crippen molar-refractivity contribution in [2.24, 2.45) is 0 Å². The highest BCUT2D eigenvalue weighted by Crippen LogP contribution is 2.34. The molecule has 3 aromatic rings. The Morgan fingerprint density at radius 3 is 2.41 bits per heavy atom. The number of methoxy groups -OCH3 is 2. The fourth-order valence-electron chi connectivity index (χ4n) is 2.82. The molecule has 11 nitrogen and oxygen atoms in total. The lowest BCUT2D eigenvalue weighted by molar-refractivity contribution is -0.131. The number of rotatable bonds is 9. The predicted octanol–water partition coefficient (Wildman–Crippen LogP) is 1.83. The molecule has 0 unspecified atom stereocenters. The monoisotopic (exact) mass is 483 g/mol. The van der Waals surface area contributed by atoms with Crippen molar-refractivity contribution in [1.29, 1.82) is 0 Å². The molecular weight excluding hydrogens is 462 g/mol. The van der Waals surface area contributed by atoms with E-state index in [-0.39, 0.29) is 5.75 Å². The number of hydrogen-bond donors (Lipinski definition) is 3. The van der Waals surface area contributed by atoms with E-state index in [0.29, 0.717) is 28.6 Å². The minimum absolute atomic E-state index is 0.0835. The molecule has 0 atom stereocenters. The van der Waals surface area contributed by atoms with Gasteiger partial charge in [0.15, 0.2) is 22.5 Å². The normalized spacial score (nSPS) is 10.6. The van der Waals surface area contributed by atoms with Gasteiger partial charge in [-0.05, 0) is 30.3 Å². The molecule has 0 aliphatic heterocycles. The number of ether oxygens (including phenoxy) is 2. The molecule has 1 heterocycles. The molecule has 3 N–H and O–H groups in total. The summed E-state index contributed by atoms with van der Waals surface area (Å²) < 4.78 is 12.5. The molecule has 0 spiro atoms. The first kappa shape index (κ1) is 24.3. The van der Waals surface area contributed by atoms with E-state index in [4.69, 9.17) is 14.6 Å². The Morgan fingerprint density at radius 2 is 1.74 bits per heavy atom. The largest absolute Gasteiger partial charge is 0.493 e. The number of aromatic nitrogens is 3. The second-order valence-corrected chi connectivity index (χ2v) is 7.49. The van der Waals surface area contributed by atoms with E-state index in [1.165, 1.54) is 0 Å². The van der Waals surface area contributed by atoms with Crippen LogP contribution in [0.25, 0.3) is 17.1 Å². The first-order chi connectivity index (χ1) is 16.4. The number of nitrogens with zero attached hydrogens (tertiary/aromatic N) is 3. The Morgan fingerprint density at radius 1 is 1.00 bits per heavy atom. The molecule has 0 radical (unpaired) electrons. The summed E-state index contributed by atoms with van der Waals surface area (Å²) in [5.41, 5.74) is 5.82. The second kappa shape index (κ2) is 11.5. The third-order valence-corrected chi connectivity index (χ3v) is 5.25. The zero-order valence-corrected chi connectivity index (χ0v) is 19.0. The summed E-state index contributed by atoms with van der Waals surface area (Å²) in [6.07, 6.45) is 1.45. The number of aliphatic carboxylic acids is 1. The Bertz CT molecular complexity index is 1210. The summed E-state index contributed by atoms with van der Waals surface area (Å²) in [4.78, 5) is 34.1. The van der Waals surface area contributed by atoms with E-state index in [1.807, 2.05) is 36.4 Å². The van der Waals surface area contributed by atoms with Crippen molar-refractivity contribution in [2.45, 2.75) is 5.16 Å². The number of carbonyl (C=O) groups is 3. The third-order valence-electron chi connectivity index (χ3n) is 4.32. The number of thioether (sulfide) groups is 1. The number of nitrogens with one attached hydrogen (secondary N) is 2. The van der Waals surface area contributed by atoms with Gasteiger partial charge in [0, 0.05) is 23.4 Å². The van der Waals surface area contributed by atoms with E-state index in [1.54, 1.807) is 30.9 Å². The maximum absolute atomic E-state index is 12.2. The molecule has 12 heteroatoms. The Kier molecular flexibility index (Phi) is 8.24. The van der Waals surface area contributed by atoms with Gasteiger partial charge in [0.2, 0.25) is 5.91 Å². The van der Waals surface area contributed by atoms with E-state index < -0.39 is 17.8 Å².